The van der Waals surface area contributed by atoms with Crippen LogP contribution in [0.5, 0.6) is 5.75 Å². The van der Waals surface area contributed by atoms with E-state index in [1.54, 1.807) is 40.1 Å². The van der Waals surface area contributed by atoms with Crippen LogP contribution in [0.2, 0.25) is 0 Å². The molecule has 1 heterocycles. The average molecular weight is 451 g/mol. The zero-order valence-corrected chi connectivity index (χ0v) is 20.3. The second kappa shape index (κ2) is 9.61. The van der Waals surface area contributed by atoms with Crippen molar-refractivity contribution in [1.29, 1.82) is 0 Å². The summed E-state index contributed by atoms with van der Waals surface area (Å²) >= 11 is 0. The molecule has 1 amide bonds. The Morgan fingerprint density at radius 2 is 1.76 bits per heavy atom. The highest BCUT2D eigenvalue weighted by Gasteiger charge is 2.26. The quantitative estimate of drug-likeness (QED) is 0.431. The van der Waals surface area contributed by atoms with Crippen molar-refractivity contribution >= 4 is 11.8 Å². The maximum absolute atomic E-state index is 14.8. The summed E-state index contributed by atoms with van der Waals surface area (Å²) in [5.74, 6) is 0.273. The first-order chi connectivity index (χ1) is 15.5. The molecule has 0 aliphatic heterocycles. The second-order valence-corrected chi connectivity index (χ2v) is 9.13. The van der Waals surface area contributed by atoms with Gasteiger partial charge in [0, 0.05) is 17.3 Å². The minimum Gasteiger partial charge on any atom is -0.496 e. The van der Waals surface area contributed by atoms with Crippen molar-refractivity contribution in [2.45, 2.75) is 53.7 Å². The predicted molar refractivity (Wildman–Crippen MR) is 129 cm³/mol. The third kappa shape index (κ3) is 5.69. The largest absolute Gasteiger partial charge is 0.496 e. The Labute approximate surface area is 195 Å². The lowest BCUT2D eigenvalue weighted by Gasteiger charge is -2.28. The van der Waals surface area contributed by atoms with Gasteiger partial charge in [-0.15, -0.1) is 0 Å². The summed E-state index contributed by atoms with van der Waals surface area (Å²) in [4.78, 5) is 19.2. The molecule has 33 heavy (non-hydrogen) atoms. The number of ether oxygens (including phenoxy) is 2. The molecule has 0 saturated carbocycles. The van der Waals surface area contributed by atoms with Crippen LogP contribution in [0.4, 0.5) is 14.9 Å². The number of hydrogen-bond acceptors (Lipinski definition) is 4. The monoisotopic (exact) mass is 450 g/mol. The fourth-order valence-electron chi connectivity index (χ4n) is 3.74. The van der Waals surface area contributed by atoms with Gasteiger partial charge >= 0.3 is 6.09 Å². The van der Waals surface area contributed by atoms with Crippen LogP contribution in [0.25, 0.3) is 11.1 Å². The standard InChI is InChI=1S/C27H31FN2O3/c1-17-10-8-9-11-23(17)20-12-21(28)14-22(13-20)30(26(31)33-27(4,5)6)16-24-19(3)25(32-7)18(2)15-29-24/h8-15H,16H2,1-7H3. The van der Waals surface area contributed by atoms with Gasteiger partial charge in [-0.3, -0.25) is 9.88 Å². The number of methoxy groups -OCH3 is 1. The molecule has 3 aromatic rings. The molecule has 3 rings (SSSR count). The van der Waals surface area contributed by atoms with Gasteiger partial charge in [-0.25, -0.2) is 9.18 Å². The molecule has 0 fully saturated rings. The summed E-state index contributed by atoms with van der Waals surface area (Å²) in [7, 11) is 1.60. The molecule has 0 N–H and O–H groups in total. The molecule has 1 aromatic heterocycles. The minimum atomic E-state index is -0.713. The number of carbonyl (C=O) groups excluding carboxylic acids is 1. The number of anilines is 1. The van der Waals surface area contributed by atoms with E-state index in [2.05, 4.69) is 4.98 Å². The summed E-state index contributed by atoms with van der Waals surface area (Å²) in [5, 5.41) is 0. The van der Waals surface area contributed by atoms with E-state index in [1.807, 2.05) is 45.0 Å². The van der Waals surface area contributed by atoms with E-state index in [1.165, 1.54) is 17.0 Å². The number of aryl methyl sites for hydroxylation is 2. The SMILES string of the molecule is COc1c(C)cnc(CN(C(=O)OC(C)(C)C)c2cc(F)cc(-c3ccccc3C)c2)c1C. The molecule has 6 heteroatoms. The van der Waals surface area contributed by atoms with Crippen LogP contribution >= 0.6 is 0 Å². The van der Waals surface area contributed by atoms with E-state index in [-0.39, 0.29) is 6.54 Å². The molecule has 174 valence electrons. The number of pyridine rings is 1. The van der Waals surface area contributed by atoms with Crippen molar-refractivity contribution in [3.8, 4) is 16.9 Å². The Morgan fingerprint density at radius 1 is 1.06 bits per heavy atom. The van der Waals surface area contributed by atoms with E-state index in [0.29, 0.717) is 22.7 Å². The molecule has 0 aliphatic carbocycles. The first-order valence-corrected chi connectivity index (χ1v) is 10.9. The molecule has 0 unspecified atom stereocenters. The number of benzene rings is 2. The molecule has 2 aromatic carbocycles. The molecule has 0 saturated heterocycles. The zero-order valence-electron chi connectivity index (χ0n) is 20.3. The smallest absolute Gasteiger partial charge is 0.415 e. The summed E-state index contributed by atoms with van der Waals surface area (Å²) < 4.78 is 26.0. The Hall–Kier alpha value is -3.41. The van der Waals surface area contributed by atoms with E-state index in [4.69, 9.17) is 9.47 Å². The van der Waals surface area contributed by atoms with Crippen molar-refractivity contribution in [1.82, 2.24) is 4.98 Å². The van der Waals surface area contributed by atoms with Gasteiger partial charge in [0.15, 0.2) is 0 Å². The van der Waals surface area contributed by atoms with Crippen LogP contribution in [0.15, 0.2) is 48.7 Å². The second-order valence-electron chi connectivity index (χ2n) is 9.13. The summed E-state index contributed by atoms with van der Waals surface area (Å²) in [6, 6.07) is 12.4. The highest BCUT2D eigenvalue weighted by Crippen LogP contribution is 2.32. The van der Waals surface area contributed by atoms with Crippen molar-refractivity contribution in [3.05, 3.63) is 76.9 Å². The Balaban J connectivity index is 2.11. The van der Waals surface area contributed by atoms with Crippen LogP contribution in [-0.2, 0) is 11.3 Å². The Kier molecular flexibility index (Phi) is 7.06. The van der Waals surface area contributed by atoms with Gasteiger partial charge < -0.3 is 9.47 Å². The zero-order chi connectivity index (χ0) is 24.3. The third-order valence-electron chi connectivity index (χ3n) is 5.32. The van der Waals surface area contributed by atoms with E-state index >= 15 is 0 Å². The summed E-state index contributed by atoms with van der Waals surface area (Å²) in [5.41, 5.74) is 4.63. The van der Waals surface area contributed by atoms with Crippen LogP contribution in [0.3, 0.4) is 0 Å². The van der Waals surface area contributed by atoms with Crippen LogP contribution < -0.4 is 9.64 Å². The van der Waals surface area contributed by atoms with Crippen molar-refractivity contribution in [3.63, 3.8) is 0 Å². The van der Waals surface area contributed by atoms with Crippen LogP contribution in [0, 0.1) is 26.6 Å². The van der Waals surface area contributed by atoms with Crippen molar-refractivity contribution in [2.24, 2.45) is 0 Å². The maximum atomic E-state index is 14.8. The van der Waals surface area contributed by atoms with Crippen LogP contribution in [-0.4, -0.2) is 23.8 Å². The van der Waals surface area contributed by atoms with Gasteiger partial charge in [-0.05, 0) is 76.4 Å². The van der Waals surface area contributed by atoms with Gasteiger partial charge in [0.25, 0.3) is 0 Å². The highest BCUT2D eigenvalue weighted by molar-refractivity contribution is 5.89. The molecule has 0 bridgehead atoms. The van der Waals surface area contributed by atoms with E-state index < -0.39 is 17.5 Å². The molecule has 5 nitrogen and oxygen atoms in total. The Morgan fingerprint density at radius 3 is 2.39 bits per heavy atom. The van der Waals surface area contributed by atoms with Crippen molar-refractivity contribution < 1.29 is 18.7 Å². The fraction of sp³-hybridized carbons (Fsp3) is 0.333. The van der Waals surface area contributed by atoms with Gasteiger partial charge in [0.05, 0.1) is 25.0 Å². The molecule has 0 spiro atoms. The first kappa shape index (κ1) is 24.2. The molecule has 0 atom stereocenters. The number of carbonyl (C=O) groups is 1. The van der Waals surface area contributed by atoms with Crippen LogP contribution in [0.1, 0.15) is 43.2 Å². The number of nitrogens with zero attached hydrogens (tertiary/aromatic N) is 2. The topological polar surface area (TPSA) is 51.7 Å². The van der Waals surface area contributed by atoms with Gasteiger partial charge in [0.1, 0.15) is 17.2 Å². The van der Waals surface area contributed by atoms with E-state index in [9.17, 15) is 9.18 Å². The number of rotatable bonds is 5. The molecular weight excluding hydrogens is 419 g/mol. The normalized spacial score (nSPS) is 11.3. The highest BCUT2D eigenvalue weighted by atomic mass is 19.1. The molecular formula is C27H31FN2O3. The molecule has 0 radical (unpaired) electrons. The first-order valence-electron chi connectivity index (χ1n) is 10.9. The lowest BCUT2D eigenvalue weighted by atomic mass is 10.00. The van der Waals surface area contributed by atoms with Gasteiger partial charge in [0.2, 0.25) is 0 Å². The number of amides is 1. The number of aromatic nitrogens is 1. The van der Waals surface area contributed by atoms with Gasteiger partial charge in [-0.2, -0.15) is 0 Å². The van der Waals surface area contributed by atoms with Gasteiger partial charge in [-0.1, -0.05) is 24.3 Å². The third-order valence-corrected chi connectivity index (χ3v) is 5.32. The lowest BCUT2D eigenvalue weighted by Crippen LogP contribution is -2.37. The maximum Gasteiger partial charge on any atom is 0.415 e. The minimum absolute atomic E-state index is 0.105. The Bertz CT molecular complexity index is 1170. The summed E-state index contributed by atoms with van der Waals surface area (Å²) in [6.07, 6.45) is 1.13. The number of halogens is 1. The van der Waals surface area contributed by atoms with Crippen molar-refractivity contribution in [2.75, 3.05) is 12.0 Å². The summed E-state index contributed by atoms with van der Waals surface area (Å²) in [6.45, 7) is 11.3. The number of hydrogen-bond donors (Lipinski definition) is 0. The van der Waals surface area contributed by atoms with E-state index in [0.717, 1.165) is 22.3 Å². The average Bonchev–Trinajstić information content (AvgIpc) is 2.72. The molecule has 0 aliphatic rings. The lowest BCUT2D eigenvalue weighted by molar-refractivity contribution is 0.0577. The fourth-order valence-corrected chi connectivity index (χ4v) is 3.74. The predicted octanol–water partition coefficient (Wildman–Crippen LogP) is 6.76.